The molecule has 2 rings (SSSR count). The van der Waals surface area contributed by atoms with Gasteiger partial charge in [-0.3, -0.25) is 0 Å². The number of hydrogen-bond donors (Lipinski definition) is 1. The molecule has 0 bridgehead atoms. The van der Waals surface area contributed by atoms with Crippen molar-refractivity contribution < 1.29 is 17.9 Å². The Hall–Kier alpha value is -2.75. The van der Waals surface area contributed by atoms with Gasteiger partial charge in [-0.25, -0.2) is 13.2 Å². The maximum atomic E-state index is 13.4. The fourth-order valence-corrected chi connectivity index (χ4v) is 1.34. The smallest absolute Gasteiger partial charge is 0.258 e. The first-order valence-corrected chi connectivity index (χ1v) is 5.01. The number of hydrogen-bond acceptors (Lipinski definition) is 4. The average molecular weight is 265 g/mol. The number of nitrogens with zero attached hydrogens (tertiary/aromatic N) is 2. The number of nitriles is 1. The van der Waals surface area contributed by atoms with Gasteiger partial charge in [0.05, 0.1) is 0 Å². The summed E-state index contributed by atoms with van der Waals surface area (Å²) in [7, 11) is 0. The summed E-state index contributed by atoms with van der Waals surface area (Å²) in [5, 5.41) is 8.78. The van der Waals surface area contributed by atoms with Crippen molar-refractivity contribution in [2.45, 2.75) is 0 Å². The van der Waals surface area contributed by atoms with Crippen molar-refractivity contribution in [1.82, 2.24) is 4.98 Å². The van der Waals surface area contributed by atoms with Crippen molar-refractivity contribution in [2.75, 3.05) is 5.73 Å². The Labute approximate surface area is 105 Å². The molecule has 0 amide bonds. The normalized spacial score (nSPS) is 10.0. The lowest BCUT2D eigenvalue weighted by atomic mass is 10.2. The molecule has 1 aromatic heterocycles. The second kappa shape index (κ2) is 4.86. The maximum absolute atomic E-state index is 13.4. The summed E-state index contributed by atoms with van der Waals surface area (Å²) in [4.78, 5) is 3.35. The molecule has 96 valence electrons. The standard InChI is InChI=1S/C12H6F3N3O/c13-7-2-1-3-10(6(7)5-16)19-12-9(15)4-8(14)11(17)18-12/h1-4H,(H2,17,18). The SMILES string of the molecule is N#Cc1c(F)cccc1Oc1nc(N)c(F)cc1F. The van der Waals surface area contributed by atoms with E-state index in [1.807, 2.05) is 0 Å². The van der Waals surface area contributed by atoms with Crippen LogP contribution in [0.3, 0.4) is 0 Å². The predicted molar refractivity (Wildman–Crippen MR) is 59.8 cm³/mol. The predicted octanol–water partition coefficient (Wildman–Crippen LogP) is 2.75. The molecular formula is C12H6F3N3O. The topological polar surface area (TPSA) is 71.9 Å². The van der Waals surface area contributed by atoms with Gasteiger partial charge in [-0.15, -0.1) is 0 Å². The van der Waals surface area contributed by atoms with Crippen molar-refractivity contribution in [2.24, 2.45) is 0 Å². The summed E-state index contributed by atoms with van der Waals surface area (Å²) in [5.74, 6) is -4.41. The molecular weight excluding hydrogens is 259 g/mol. The third-order valence-corrected chi connectivity index (χ3v) is 2.22. The molecule has 1 aromatic carbocycles. The van der Waals surface area contributed by atoms with Crippen LogP contribution in [0.15, 0.2) is 24.3 Å². The first-order valence-electron chi connectivity index (χ1n) is 5.01. The Morgan fingerprint density at radius 2 is 1.89 bits per heavy atom. The van der Waals surface area contributed by atoms with Crippen LogP contribution in [0, 0.1) is 28.8 Å². The van der Waals surface area contributed by atoms with Gasteiger partial charge in [0.1, 0.15) is 23.2 Å². The fourth-order valence-electron chi connectivity index (χ4n) is 1.34. The van der Waals surface area contributed by atoms with Crippen LogP contribution in [-0.4, -0.2) is 4.98 Å². The van der Waals surface area contributed by atoms with Crippen molar-refractivity contribution in [3.8, 4) is 17.7 Å². The molecule has 0 aliphatic heterocycles. The highest BCUT2D eigenvalue weighted by Crippen LogP contribution is 2.28. The van der Waals surface area contributed by atoms with E-state index in [1.54, 1.807) is 6.07 Å². The summed E-state index contributed by atoms with van der Waals surface area (Å²) >= 11 is 0. The number of rotatable bonds is 2. The molecule has 0 saturated heterocycles. The van der Waals surface area contributed by atoms with E-state index in [0.29, 0.717) is 6.07 Å². The Kier molecular flexibility index (Phi) is 3.25. The van der Waals surface area contributed by atoms with Gasteiger partial charge in [0.2, 0.25) is 0 Å². The molecule has 0 radical (unpaired) electrons. The summed E-state index contributed by atoms with van der Waals surface area (Å²) in [5.41, 5.74) is 4.76. The quantitative estimate of drug-likeness (QED) is 0.906. The zero-order valence-corrected chi connectivity index (χ0v) is 9.32. The summed E-state index contributed by atoms with van der Waals surface area (Å²) in [6.45, 7) is 0. The molecule has 0 atom stereocenters. The highest BCUT2D eigenvalue weighted by Gasteiger charge is 2.15. The number of anilines is 1. The number of halogens is 3. The van der Waals surface area contributed by atoms with Gasteiger partial charge in [0.15, 0.2) is 17.5 Å². The minimum absolute atomic E-state index is 0.236. The van der Waals surface area contributed by atoms with Crippen LogP contribution >= 0.6 is 0 Å². The van der Waals surface area contributed by atoms with Crippen molar-refractivity contribution >= 4 is 5.82 Å². The van der Waals surface area contributed by atoms with Gasteiger partial charge in [-0.05, 0) is 12.1 Å². The molecule has 2 aromatic rings. The Morgan fingerprint density at radius 1 is 1.16 bits per heavy atom. The van der Waals surface area contributed by atoms with E-state index in [1.165, 1.54) is 12.1 Å². The highest BCUT2D eigenvalue weighted by molar-refractivity contribution is 5.46. The first kappa shape index (κ1) is 12.7. The van der Waals surface area contributed by atoms with Crippen LogP contribution in [0.2, 0.25) is 0 Å². The van der Waals surface area contributed by atoms with Crippen molar-refractivity contribution in [3.63, 3.8) is 0 Å². The van der Waals surface area contributed by atoms with Gasteiger partial charge >= 0.3 is 0 Å². The first-order chi connectivity index (χ1) is 9.02. The van der Waals surface area contributed by atoms with Crippen molar-refractivity contribution in [3.05, 3.63) is 47.3 Å². The number of aromatic nitrogens is 1. The Bertz CT molecular complexity index is 683. The molecule has 7 heteroatoms. The maximum Gasteiger partial charge on any atom is 0.258 e. The van der Waals surface area contributed by atoms with E-state index in [-0.39, 0.29) is 5.75 Å². The van der Waals surface area contributed by atoms with E-state index in [0.717, 1.165) is 6.07 Å². The number of nitrogen functional groups attached to an aromatic ring is 1. The second-order valence-corrected chi connectivity index (χ2v) is 3.47. The van der Waals surface area contributed by atoms with E-state index in [9.17, 15) is 13.2 Å². The third-order valence-electron chi connectivity index (χ3n) is 2.22. The molecule has 0 unspecified atom stereocenters. The zero-order chi connectivity index (χ0) is 14.0. The molecule has 0 fully saturated rings. The molecule has 0 saturated carbocycles. The molecule has 4 nitrogen and oxygen atoms in total. The van der Waals surface area contributed by atoms with E-state index in [4.69, 9.17) is 15.7 Å². The van der Waals surface area contributed by atoms with Gasteiger partial charge < -0.3 is 10.5 Å². The summed E-state index contributed by atoms with van der Waals surface area (Å²) in [6, 6.07) is 5.64. The third kappa shape index (κ3) is 2.42. The minimum Gasteiger partial charge on any atom is -0.435 e. The molecule has 2 N–H and O–H groups in total. The minimum atomic E-state index is -1.11. The van der Waals surface area contributed by atoms with E-state index in [2.05, 4.69) is 4.98 Å². The summed E-state index contributed by atoms with van der Waals surface area (Å²) in [6.07, 6.45) is 0. The summed E-state index contributed by atoms with van der Waals surface area (Å²) < 4.78 is 44.6. The number of nitrogens with two attached hydrogens (primary N) is 1. The average Bonchev–Trinajstić information content (AvgIpc) is 2.36. The van der Waals surface area contributed by atoms with Crippen LogP contribution in [0.5, 0.6) is 11.6 Å². The van der Waals surface area contributed by atoms with Crippen LogP contribution < -0.4 is 10.5 Å². The van der Waals surface area contributed by atoms with E-state index < -0.39 is 34.7 Å². The molecule has 0 aliphatic rings. The van der Waals surface area contributed by atoms with Crippen LogP contribution in [0.25, 0.3) is 0 Å². The highest BCUT2D eigenvalue weighted by atomic mass is 19.1. The van der Waals surface area contributed by atoms with Gasteiger partial charge in [-0.1, -0.05) is 6.07 Å². The Morgan fingerprint density at radius 3 is 2.58 bits per heavy atom. The van der Waals surface area contributed by atoms with Crippen LogP contribution in [-0.2, 0) is 0 Å². The number of benzene rings is 1. The van der Waals surface area contributed by atoms with Crippen molar-refractivity contribution in [1.29, 1.82) is 5.26 Å². The monoisotopic (exact) mass is 265 g/mol. The van der Waals surface area contributed by atoms with E-state index >= 15 is 0 Å². The van der Waals surface area contributed by atoms with Crippen LogP contribution in [0.1, 0.15) is 5.56 Å². The molecule has 0 spiro atoms. The lowest BCUT2D eigenvalue weighted by Gasteiger charge is -2.08. The van der Waals surface area contributed by atoms with Gasteiger partial charge in [-0.2, -0.15) is 10.2 Å². The Balaban J connectivity index is 2.45. The largest absolute Gasteiger partial charge is 0.435 e. The molecule has 0 aliphatic carbocycles. The number of ether oxygens (including phenoxy) is 1. The fraction of sp³-hybridized carbons (Fsp3) is 0. The lowest BCUT2D eigenvalue weighted by molar-refractivity contribution is 0.414. The lowest BCUT2D eigenvalue weighted by Crippen LogP contribution is -2.01. The molecule has 19 heavy (non-hydrogen) atoms. The molecule has 1 heterocycles. The van der Waals surface area contributed by atoms with Gasteiger partial charge in [0.25, 0.3) is 5.88 Å². The second-order valence-electron chi connectivity index (χ2n) is 3.47. The van der Waals surface area contributed by atoms with Crippen LogP contribution in [0.4, 0.5) is 19.0 Å². The van der Waals surface area contributed by atoms with Gasteiger partial charge in [0, 0.05) is 6.07 Å². The zero-order valence-electron chi connectivity index (χ0n) is 9.32. The number of pyridine rings is 1.